The Balaban J connectivity index is 0.00000289. The van der Waals surface area contributed by atoms with E-state index in [-0.39, 0.29) is 24.9 Å². The number of ether oxygens (including phenoxy) is 3. The summed E-state index contributed by atoms with van der Waals surface area (Å²) in [5.74, 6) is 1.83. The van der Waals surface area contributed by atoms with Crippen molar-refractivity contribution in [2.24, 2.45) is 0 Å². The molecule has 1 aliphatic rings. The minimum absolute atomic E-state index is 0. The van der Waals surface area contributed by atoms with Crippen LogP contribution in [0, 0.1) is 0 Å². The van der Waals surface area contributed by atoms with Crippen molar-refractivity contribution in [2.45, 2.75) is 19.4 Å². The van der Waals surface area contributed by atoms with E-state index in [0.717, 1.165) is 28.9 Å². The van der Waals surface area contributed by atoms with Crippen molar-refractivity contribution in [3.63, 3.8) is 0 Å². The molecule has 7 nitrogen and oxygen atoms in total. The molecule has 1 aromatic heterocycles. The second-order valence-corrected chi connectivity index (χ2v) is 8.55. The van der Waals surface area contributed by atoms with Gasteiger partial charge in [0.05, 0.1) is 11.3 Å². The molecule has 2 aromatic carbocycles. The molecule has 0 radical (unpaired) electrons. The third kappa shape index (κ3) is 5.26. The molecule has 172 valence electrons. The van der Waals surface area contributed by atoms with Crippen LogP contribution in [0.25, 0.3) is 10.2 Å². The fourth-order valence-corrected chi connectivity index (χ4v) is 4.47. The second kappa shape index (κ2) is 10.8. The summed E-state index contributed by atoms with van der Waals surface area (Å²) in [7, 11) is 4.04. The molecule has 2 heterocycles. The van der Waals surface area contributed by atoms with Gasteiger partial charge in [-0.2, -0.15) is 0 Å². The summed E-state index contributed by atoms with van der Waals surface area (Å²) >= 11 is 1.49. The average molecular weight is 478 g/mol. The van der Waals surface area contributed by atoms with E-state index in [4.69, 9.17) is 19.2 Å². The maximum absolute atomic E-state index is 13.5. The molecule has 3 aromatic rings. The lowest BCUT2D eigenvalue weighted by Crippen LogP contribution is -2.47. The summed E-state index contributed by atoms with van der Waals surface area (Å²) in [6.07, 6.45) is 0.101. The Morgan fingerprint density at radius 3 is 2.69 bits per heavy atom. The number of amides is 1. The molecule has 1 unspecified atom stereocenters. The Labute approximate surface area is 198 Å². The number of hydrogen-bond acceptors (Lipinski definition) is 7. The summed E-state index contributed by atoms with van der Waals surface area (Å²) in [4.78, 5) is 22.1. The van der Waals surface area contributed by atoms with Gasteiger partial charge in [-0.25, -0.2) is 4.98 Å². The molecule has 0 saturated carbocycles. The van der Waals surface area contributed by atoms with Gasteiger partial charge in [-0.15, -0.1) is 12.4 Å². The molecule has 0 fully saturated rings. The van der Waals surface area contributed by atoms with E-state index < -0.39 is 6.10 Å². The van der Waals surface area contributed by atoms with Crippen LogP contribution in [0.3, 0.4) is 0 Å². The fourth-order valence-electron chi connectivity index (χ4n) is 3.46. The molecular weight excluding hydrogens is 450 g/mol. The first-order valence-corrected chi connectivity index (χ1v) is 11.3. The van der Waals surface area contributed by atoms with Crippen LogP contribution in [0.5, 0.6) is 17.2 Å². The first-order chi connectivity index (χ1) is 15.1. The van der Waals surface area contributed by atoms with Crippen LogP contribution < -0.4 is 19.1 Å². The van der Waals surface area contributed by atoms with E-state index in [9.17, 15) is 4.79 Å². The lowest BCUT2D eigenvalue weighted by Gasteiger charge is -2.29. The Hall–Kier alpha value is -2.55. The highest BCUT2D eigenvalue weighted by molar-refractivity contribution is 7.22. The zero-order chi connectivity index (χ0) is 21.8. The monoisotopic (exact) mass is 477 g/mol. The number of carbonyl (C=O) groups is 1. The van der Waals surface area contributed by atoms with Gasteiger partial charge < -0.3 is 19.1 Å². The zero-order valence-electron chi connectivity index (χ0n) is 18.4. The topological polar surface area (TPSA) is 64.1 Å². The molecular formula is C23H28ClN3O4S. The Kier molecular flexibility index (Phi) is 8.17. The van der Waals surface area contributed by atoms with E-state index in [1.54, 1.807) is 4.90 Å². The van der Waals surface area contributed by atoms with Crippen molar-refractivity contribution in [1.82, 2.24) is 9.88 Å². The van der Waals surface area contributed by atoms with E-state index in [0.29, 0.717) is 29.8 Å². The van der Waals surface area contributed by atoms with Gasteiger partial charge in [0.2, 0.25) is 6.10 Å². The first kappa shape index (κ1) is 24.1. The lowest BCUT2D eigenvalue weighted by atomic mass is 10.2. The molecule has 1 atom stereocenters. The van der Waals surface area contributed by atoms with Crippen LogP contribution in [0.15, 0.2) is 42.5 Å². The van der Waals surface area contributed by atoms with Crippen LogP contribution in [0.1, 0.15) is 13.3 Å². The van der Waals surface area contributed by atoms with Gasteiger partial charge >= 0.3 is 0 Å². The van der Waals surface area contributed by atoms with Gasteiger partial charge in [0.15, 0.2) is 16.6 Å². The molecule has 0 aliphatic carbocycles. The number of anilines is 1. The quantitative estimate of drug-likeness (QED) is 0.483. The predicted octanol–water partition coefficient (Wildman–Crippen LogP) is 4.24. The van der Waals surface area contributed by atoms with Crippen molar-refractivity contribution < 1.29 is 19.0 Å². The number of aromatic nitrogens is 1. The number of carbonyl (C=O) groups excluding carboxylic acids is 1. The maximum Gasteiger partial charge on any atom is 0.273 e. The van der Waals surface area contributed by atoms with Gasteiger partial charge in [-0.1, -0.05) is 29.5 Å². The lowest BCUT2D eigenvalue weighted by molar-refractivity contribution is -0.127. The highest BCUT2D eigenvalue weighted by Crippen LogP contribution is 2.36. The number of rotatable bonds is 8. The fraction of sp³-hybridized carbons (Fsp3) is 0.391. The SMILES string of the molecule is CCOc1cccc2sc(N(CCCN(C)C)C(=O)C3COc4ccccc4O3)nc12.Cl. The van der Waals surface area contributed by atoms with Crippen LogP contribution in [-0.4, -0.2) is 62.3 Å². The number of benzene rings is 2. The van der Waals surface area contributed by atoms with Crippen LogP contribution >= 0.6 is 23.7 Å². The number of nitrogens with zero attached hydrogens (tertiary/aromatic N) is 3. The highest BCUT2D eigenvalue weighted by atomic mass is 35.5. The summed E-state index contributed by atoms with van der Waals surface area (Å²) in [6.45, 7) is 4.09. The molecule has 0 N–H and O–H groups in total. The van der Waals surface area contributed by atoms with Crippen molar-refractivity contribution in [1.29, 1.82) is 0 Å². The summed E-state index contributed by atoms with van der Waals surface area (Å²) in [5.41, 5.74) is 0.779. The third-order valence-corrected chi connectivity index (χ3v) is 5.98. The van der Waals surface area contributed by atoms with Crippen LogP contribution in [0.4, 0.5) is 5.13 Å². The normalized spacial score (nSPS) is 14.8. The maximum atomic E-state index is 13.5. The minimum Gasteiger partial charge on any atom is -0.492 e. The van der Waals surface area contributed by atoms with Crippen molar-refractivity contribution in [2.75, 3.05) is 45.3 Å². The van der Waals surface area contributed by atoms with E-state index in [2.05, 4.69) is 4.90 Å². The second-order valence-electron chi connectivity index (χ2n) is 7.54. The summed E-state index contributed by atoms with van der Waals surface area (Å²) in [5, 5.41) is 0.647. The average Bonchev–Trinajstić information content (AvgIpc) is 3.21. The number of fused-ring (bicyclic) bond motifs is 2. The molecule has 1 amide bonds. The Bertz CT molecular complexity index is 1060. The number of halogens is 1. The number of para-hydroxylation sites is 3. The highest BCUT2D eigenvalue weighted by Gasteiger charge is 2.33. The molecule has 0 bridgehead atoms. The Morgan fingerprint density at radius 2 is 1.94 bits per heavy atom. The van der Waals surface area contributed by atoms with Crippen LogP contribution in [-0.2, 0) is 4.79 Å². The summed E-state index contributed by atoms with van der Waals surface area (Å²) in [6, 6.07) is 13.3. The molecule has 0 spiro atoms. The third-order valence-electron chi connectivity index (χ3n) is 4.94. The van der Waals surface area contributed by atoms with Crippen molar-refractivity contribution in [3.8, 4) is 17.2 Å². The van der Waals surface area contributed by atoms with E-state index >= 15 is 0 Å². The van der Waals surface area contributed by atoms with E-state index in [1.165, 1.54) is 11.3 Å². The first-order valence-electron chi connectivity index (χ1n) is 10.4. The van der Waals surface area contributed by atoms with Gasteiger partial charge in [-0.05, 0) is 58.3 Å². The molecule has 32 heavy (non-hydrogen) atoms. The minimum atomic E-state index is -0.715. The van der Waals surface area contributed by atoms with Gasteiger partial charge in [-0.3, -0.25) is 9.69 Å². The number of thiazole rings is 1. The molecule has 4 rings (SSSR count). The van der Waals surface area contributed by atoms with Gasteiger partial charge in [0, 0.05) is 6.54 Å². The van der Waals surface area contributed by atoms with Gasteiger partial charge in [0.25, 0.3) is 5.91 Å². The molecule has 0 saturated heterocycles. The van der Waals surface area contributed by atoms with Crippen molar-refractivity contribution >= 4 is 45.0 Å². The molecule has 9 heteroatoms. The number of hydrogen-bond donors (Lipinski definition) is 0. The van der Waals surface area contributed by atoms with Crippen molar-refractivity contribution in [3.05, 3.63) is 42.5 Å². The van der Waals surface area contributed by atoms with Gasteiger partial charge in [0.1, 0.15) is 17.9 Å². The van der Waals surface area contributed by atoms with E-state index in [1.807, 2.05) is 63.5 Å². The molecule has 1 aliphatic heterocycles. The summed E-state index contributed by atoms with van der Waals surface area (Å²) < 4.78 is 18.5. The smallest absolute Gasteiger partial charge is 0.273 e. The largest absolute Gasteiger partial charge is 0.492 e. The Morgan fingerprint density at radius 1 is 1.16 bits per heavy atom. The predicted molar refractivity (Wildman–Crippen MR) is 130 cm³/mol. The standard InChI is InChI=1S/C23H27N3O4S.ClH/c1-4-28-18-11-7-12-20-21(18)24-23(31-20)26(14-8-13-25(2)3)22(27)19-15-29-16-9-5-6-10-17(16)30-19;/h5-7,9-12,19H,4,8,13-15H2,1-3H3;1H. The van der Waals surface area contributed by atoms with Crippen LogP contribution in [0.2, 0.25) is 0 Å². The zero-order valence-corrected chi connectivity index (χ0v) is 20.1.